The molecular weight excluding hydrogens is 556 g/mol. The fourth-order valence-corrected chi connectivity index (χ4v) is 5.28. The highest BCUT2D eigenvalue weighted by molar-refractivity contribution is 5.92. The van der Waals surface area contributed by atoms with Crippen molar-refractivity contribution in [1.29, 1.82) is 0 Å². The third-order valence-corrected chi connectivity index (χ3v) is 7.71. The molecule has 0 saturated carbocycles. The van der Waals surface area contributed by atoms with Gasteiger partial charge >= 0.3 is 6.03 Å². The summed E-state index contributed by atoms with van der Waals surface area (Å²) in [6.45, 7) is 6.22. The Kier molecular flexibility index (Phi) is 12.7. The highest BCUT2D eigenvalue weighted by Gasteiger charge is 2.29. The number of nitrogens with one attached hydrogen (secondary N) is 3. The monoisotopic (exact) mass is 602 g/mol. The Labute approximate surface area is 260 Å². The van der Waals surface area contributed by atoms with E-state index in [0.717, 1.165) is 42.6 Å². The molecule has 1 aromatic heterocycles. The SMILES string of the molecule is CC(C)C[C@H](NC(=O)N1CCCCCC1)C(=O)N[C@@H](Cc1ccc(OCc2ccccc2)cc1)C(=O)NCCc1ccco1. The molecule has 1 aliphatic rings. The van der Waals surface area contributed by atoms with E-state index in [9.17, 15) is 14.4 Å². The van der Waals surface area contributed by atoms with Gasteiger partial charge in [0, 0.05) is 32.5 Å². The Morgan fingerprint density at radius 3 is 2.20 bits per heavy atom. The van der Waals surface area contributed by atoms with Crippen molar-refractivity contribution in [2.24, 2.45) is 5.92 Å². The number of ether oxygens (including phenoxy) is 1. The van der Waals surface area contributed by atoms with Crippen LogP contribution in [0.5, 0.6) is 5.75 Å². The average molecular weight is 603 g/mol. The van der Waals surface area contributed by atoms with E-state index in [1.54, 1.807) is 11.2 Å². The van der Waals surface area contributed by atoms with E-state index in [0.29, 0.717) is 44.8 Å². The second kappa shape index (κ2) is 17.1. The summed E-state index contributed by atoms with van der Waals surface area (Å²) in [5.74, 6) is 0.992. The first-order valence-corrected chi connectivity index (χ1v) is 15.8. The van der Waals surface area contributed by atoms with Crippen LogP contribution in [0.25, 0.3) is 0 Å². The lowest BCUT2D eigenvalue weighted by atomic mass is 10.0. The van der Waals surface area contributed by atoms with Crippen LogP contribution < -0.4 is 20.7 Å². The van der Waals surface area contributed by atoms with Gasteiger partial charge in [0.2, 0.25) is 11.8 Å². The molecule has 44 heavy (non-hydrogen) atoms. The smallest absolute Gasteiger partial charge is 0.318 e. The average Bonchev–Trinajstić information content (AvgIpc) is 3.39. The van der Waals surface area contributed by atoms with Crippen LogP contribution in [0.2, 0.25) is 0 Å². The van der Waals surface area contributed by atoms with Crippen molar-refractivity contribution in [2.45, 2.75) is 77.5 Å². The van der Waals surface area contributed by atoms with Crippen molar-refractivity contribution < 1.29 is 23.5 Å². The zero-order valence-electron chi connectivity index (χ0n) is 25.9. The lowest BCUT2D eigenvalue weighted by Crippen LogP contribution is -2.56. The van der Waals surface area contributed by atoms with Gasteiger partial charge in [-0.25, -0.2) is 4.79 Å². The number of furan rings is 1. The summed E-state index contributed by atoms with van der Waals surface area (Å²) < 4.78 is 11.3. The summed E-state index contributed by atoms with van der Waals surface area (Å²) in [5.41, 5.74) is 1.95. The number of rotatable bonds is 14. The van der Waals surface area contributed by atoms with Crippen molar-refractivity contribution in [2.75, 3.05) is 19.6 Å². The van der Waals surface area contributed by atoms with Crippen molar-refractivity contribution in [3.8, 4) is 5.75 Å². The molecule has 0 aliphatic carbocycles. The minimum atomic E-state index is -0.833. The number of urea groups is 1. The molecule has 236 valence electrons. The molecule has 2 atom stereocenters. The molecule has 3 aromatic rings. The second-order valence-electron chi connectivity index (χ2n) is 11.8. The summed E-state index contributed by atoms with van der Waals surface area (Å²) in [7, 11) is 0. The molecule has 0 bridgehead atoms. The molecule has 2 heterocycles. The first-order chi connectivity index (χ1) is 21.4. The maximum Gasteiger partial charge on any atom is 0.318 e. The summed E-state index contributed by atoms with van der Waals surface area (Å²) in [6, 6.07) is 19.3. The van der Waals surface area contributed by atoms with Crippen LogP contribution >= 0.6 is 0 Å². The maximum atomic E-state index is 13.6. The van der Waals surface area contributed by atoms with E-state index >= 15 is 0 Å². The van der Waals surface area contributed by atoms with Gasteiger partial charge in [-0.2, -0.15) is 0 Å². The molecule has 1 aliphatic heterocycles. The fourth-order valence-electron chi connectivity index (χ4n) is 5.28. The molecule has 2 aromatic carbocycles. The van der Waals surface area contributed by atoms with Gasteiger partial charge in [-0.05, 0) is 60.6 Å². The number of nitrogens with zero attached hydrogens (tertiary/aromatic N) is 1. The minimum absolute atomic E-state index is 0.166. The van der Waals surface area contributed by atoms with E-state index < -0.39 is 12.1 Å². The molecule has 9 nitrogen and oxygen atoms in total. The Morgan fingerprint density at radius 2 is 1.55 bits per heavy atom. The zero-order chi connectivity index (χ0) is 31.1. The van der Waals surface area contributed by atoms with Crippen LogP contribution in [-0.4, -0.2) is 54.5 Å². The van der Waals surface area contributed by atoms with Gasteiger partial charge in [0.1, 0.15) is 30.2 Å². The quantitative estimate of drug-likeness (QED) is 0.234. The Balaban J connectivity index is 1.42. The third kappa shape index (κ3) is 10.8. The first kappa shape index (κ1) is 32.6. The number of carbonyl (C=O) groups is 3. The van der Waals surface area contributed by atoms with Crippen LogP contribution in [0.15, 0.2) is 77.4 Å². The van der Waals surface area contributed by atoms with Gasteiger partial charge in [0.15, 0.2) is 0 Å². The number of benzene rings is 2. The standard InChI is InChI=1S/C35H46N4O5/c1-26(2)23-31(38-35(42)39-20-8-3-4-9-21-39)34(41)37-32(33(40)36-19-18-29-13-10-22-43-29)24-27-14-16-30(17-15-27)44-25-28-11-6-5-7-12-28/h5-7,10-17,22,26,31-32H,3-4,8-9,18-21,23-25H2,1-2H3,(H,36,40)(H,37,41)(H,38,42)/t31-,32-/m0/s1. The molecule has 9 heteroatoms. The minimum Gasteiger partial charge on any atom is -0.489 e. The van der Waals surface area contributed by atoms with Gasteiger partial charge in [-0.15, -0.1) is 0 Å². The Bertz CT molecular complexity index is 1290. The number of hydrogen-bond acceptors (Lipinski definition) is 5. The van der Waals surface area contributed by atoms with Crippen molar-refractivity contribution in [3.05, 3.63) is 89.9 Å². The van der Waals surface area contributed by atoms with Crippen LogP contribution in [0.3, 0.4) is 0 Å². The fraction of sp³-hybridized carbons (Fsp3) is 0.457. The Morgan fingerprint density at radius 1 is 0.818 bits per heavy atom. The van der Waals surface area contributed by atoms with Crippen molar-refractivity contribution in [3.63, 3.8) is 0 Å². The number of amides is 4. The molecule has 3 N–H and O–H groups in total. The lowest BCUT2D eigenvalue weighted by Gasteiger charge is -2.27. The van der Waals surface area contributed by atoms with Gasteiger partial charge in [0.05, 0.1) is 6.26 Å². The van der Waals surface area contributed by atoms with Crippen LogP contribution in [0.4, 0.5) is 4.79 Å². The van der Waals surface area contributed by atoms with Gasteiger partial charge in [-0.3, -0.25) is 9.59 Å². The molecular formula is C35H46N4O5. The van der Waals surface area contributed by atoms with Crippen LogP contribution in [0, 0.1) is 5.92 Å². The lowest BCUT2D eigenvalue weighted by molar-refractivity contribution is -0.130. The maximum absolute atomic E-state index is 13.6. The summed E-state index contributed by atoms with van der Waals surface area (Å²) >= 11 is 0. The van der Waals surface area contributed by atoms with Gasteiger partial charge in [-0.1, -0.05) is 69.2 Å². The molecule has 4 rings (SSSR count). The Hall–Kier alpha value is -4.27. The van der Waals surface area contributed by atoms with Crippen molar-refractivity contribution in [1.82, 2.24) is 20.9 Å². The molecule has 0 spiro atoms. The van der Waals surface area contributed by atoms with E-state index in [2.05, 4.69) is 16.0 Å². The second-order valence-corrected chi connectivity index (χ2v) is 11.8. The summed E-state index contributed by atoms with van der Waals surface area (Å²) in [5, 5.41) is 8.86. The van der Waals surface area contributed by atoms with E-state index in [1.165, 1.54) is 0 Å². The van der Waals surface area contributed by atoms with E-state index in [4.69, 9.17) is 9.15 Å². The molecule has 1 fully saturated rings. The van der Waals surface area contributed by atoms with E-state index in [-0.39, 0.29) is 30.2 Å². The highest BCUT2D eigenvalue weighted by atomic mass is 16.5. The number of likely N-dealkylation sites (tertiary alicyclic amines) is 1. The first-order valence-electron chi connectivity index (χ1n) is 15.8. The van der Waals surface area contributed by atoms with Gasteiger partial charge in [0.25, 0.3) is 0 Å². The summed E-state index contributed by atoms with van der Waals surface area (Å²) in [6.07, 6.45) is 7.02. The predicted octanol–water partition coefficient (Wildman–Crippen LogP) is 5.25. The van der Waals surface area contributed by atoms with Crippen LogP contribution in [0.1, 0.15) is 62.8 Å². The van der Waals surface area contributed by atoms with Crippen LogP contribution in [-0.2, 0) is 29.0 Å². The number of carbonyl (C=O) groups excluding carboxylic acids is 3. The van der Waals surface area contributed by atoms with Gasteiger partial charge < -0.3 is 30.0 Å². The molecule has 0 radical (unpaired) electrons. The van der Waals surface area contributed by atoms with E-state index in [1.807, 2.05) is 80.6 Å². The molecule has 0 unspecified atom stereocenters. The topological polar surface area (TPSA) is 113 Å². The largest absolute Gasteiger partial charge is 0.489 e. The number of hydrogen-bond donors (Lipinski definition) is 3. The summed E-state index contributed by atoms with van der Waals surface area (Å²) in [4.78, 5) is 42.0. The predicted molar refractivity (Wildman–Crippen MR) is 170 cm³/mol. The molecule has 1 saturated heterocycles. The third-order valence-electron chi connectivity index (χ3n) is 7.71. The van der Waals surface area contributed by atoms with Crippen molar-refractivity contribution >= 4 is 17.8 Å². The zero-order valence-corrected chi connectivity index (χ0v) is 25.9. The highest BCUT2D eigenvalue weighted by Crippen LogP contribution is 2.16. The molecule has 4 amide bonds. The normalized spacial score (nSPS) is 14.8.